The average Bonchev–Trinajstić information content (AvgIpc) is 2.78. The number of rotatable bonds is 5. The van der Waals surface area contributed by atoms with E-state index in [0.717, 1.165) is 15.8 Å². The van der Waals surface area contributed by atoms with E-state index in [1.807, 2.05) is 12.1 Å². The number of nitrogens with two attached hydrogens (primary N) is 1. The van der Waals surface area contributed by atoms with Gasteiger partial charge in [-0.05, 0) is 24.6 Å². The Labute approximate surface area is 142 Å². The van der Waals surface area contributed by atoms with Gasteiger partial charge in [0.25, 0.3) is 0 Å². The number of hydrogen-bond acceptors (Lipinski definition) is 4. The van der Waals surface area contributed by atoms with Crippen LogP contribution in [-0.2, 0) is 11.2 Å². The highest BCUT2D eigenvalue weighted by molar-refractivity contribution is 9.10. The molecule has 0 spiro atoms. The molecule has 0 aliphatic heterocycles. The highest BCUT2D eigenvalue weighted by atomic mass is 79.9. The van der Waals surface area contributed by atoms with Crippen molar-refractivity contribution in [2.24, 2.45) is 5.73 Å². The first kappa shape index (κ1) is 18.1. The topological polar surface area (TPSA) is 68.0 Å². The maximum Gasteiger partial charge on any atom is 0.227 e. The molecular weight excluding hydrogens is 374 g/mol. The summed E-state index contributed by atoms with van der Waals surface area (Å²) < 4.78 is 1.06. The van der Waals surface area contributed by atoms with Crippen LogP contribution in [0.1, 0.15) is 23.8 Å². The zero-order chi connectivity index (χ0) is 14.5. The van der Waals surface area contributed by atoms with E-state index in [4.69, 9.17) is 5.73 Å². The molecule has 1 atom stereocenters. The van der Waals surface area contributed by atoms with Crippen molar-refractivity contribution in [2.75, 3.05) is 5.32 Å². The fourth-order valence-electron chi connectivity index (χ4n) is 1.71. The van der Waals surface area contributed by atoms with Gasteiger partial charge in [0.15, 0.2) is 5.13 Å². The van der Waals surface area contributed by atoms with E-state index in [1.165, 1.54) is 16.9 Å². The zero-order valence-electron chi connectivity index (χ0n) is 11.5. The molecule has 0 radical (unpaired) electrons. The SMILES string of the molecule is CC(N)CC(=O)Nc1ncc(Cc2ccc(Br)cc2)s1.Cl. The Morgan fingerprint density at radius 3 is 2.71 bits per heavy atom. The van der Waals surface area contributed by atoms with E-state index in [-0.39, 0.29) is 24.4 Å². The fourth-order valence-corrected chi connectivity index (χ4v) is 2.84. The number of nitrogens with one attached hydrogen (secondary N) is 1. The molecule has 1 heterocycles. The Hall–Kier alpha value is -0.950. The number of carbonyl (C=O) groups excluding carboxylic acids is 1. The number of anilines is 1. The van der Waals surface area contributed by atoms with Crippen LogP contribution in [0.5, 0.6) is 0 Å². The van der Waals surface area contributed by atoms with Gasteiger partial charge >= 0.3 is 0 Å². The van der Waals surface area contributed by atoms with Crippen LogP contribution in [-0.4, -0.2) is 16.9 Å². The lowest BCUT2D eigenvalue weighted by atomic mass is 10.1. The van der Waals surface area contributed by atoms with E-state index in [2.05, 4.69) is 38.4 Å². The van der Waals surface area contributed by atoms with Crippen molar-refractivity contribution in [3.05, 3.63) is 45.4 Å². The second-order valence-corrected chi connectivity index (χ2v) is 6.70. The molecule has 0 saturated heterocycles. The number of aromatic nitrogens is 1. The van der Waals surface area contributed by atoms with Gasteiger partial charge in [0.05, 0.1) is 0 Å². The smallest absolute Gasteiger partial charge is 0.227 e. The van der Waals surface area contributed by atoms with Crippen LogP contribution in [0.15, 0.2) is 34.9 Å². The minimum absolute atomic E-state index is 0. The summed E-state index contributed by atoms with van der Waals surface area (Å²) in [5.41, 5.74) is 6.80. The summed E-state index contributed by atoms with van der Waals surface area (Å²) in [6.45, 7) is 1.81. The van der Waals surface area contributed by atoms with Gasteiger partial charge < -0.3 is 11.1 Å². The molecule has 0 bridgehead atoms. The molecule has 0 aliphatic carbocycles. The van der Waals surface area contributed by atoms with Crippen molar-refractivity contribution in [1.82, 2.24) is 4.98 Å². The van der Waals surface area contributed by atoms with E-state index in [9.17, 15) is 4.79 Å². The lowest BCUT2D eigenvalue weighted by Gasteiger charge is -2.03. The van der Waals surface area contributed by atoms with Crippen molar-refractivity contribution in [3.8, 4) is 0 Å². The van der Waals surface area contributed by atoms with Crippen molar-refractivity contribution < 1.29 is 4.79 Å². The quantitative estimate of drug-likeness (QED) is 0.819. The molecule has 21 heavy (non-hydrogen) atoms. The summed E-state index contributed by atoms with van der Waals surface area (Å²) >= 11 is 4.91. The summed E-state index contributed by atoms with van der Waals surface area (Å²) in [6.07, 6.45) is 2.92. The van der Waals surface area contributed by atoms with E-state index in [0.29, 0.717) is 11.6 Å². The first-order valence-corrected chi connectivity index (χ1v) is 7.88. The van der Waals surface area contributed by atoms with Crippen LogP contribution >= 0.6 is 39.7 Å². The molecule has 1 aromatic carbocycles. The van der Waals surface area contributed by atoms with Gasteiger partial charge in [-0.25, -0.2) is 4.98 Å². The van der Waals surface area contributed by atoms with Gasteiger partial charge in [-0.2, -0.15) is 0 Å². The number of benzene rings is 1. The van der Waals surface area contributed by atoms with Crippen molar-refractivity contribution in [2.45, 2.75) is 25.8 Å². The molecular formula is C14H17BrClN3OS. The largest absolute Gasteiger partial charge is 0.327 e. The molecule has 1 aromatic heterocycles. The summed E-state index contributed by atoms with van der Waals surface area (Å²) in [6, 6.07) is 8.02. The minimum atomic E-state index is -0.141. The van der Waals surface area contributed by atoms with Crippen LogP contribution < -0.4 is 11.1 Å². The second kappa shape index (κ2) is 8.48. The maximum absolute atomic E-state index is 11.6. The maximum atomic E-state index is 11.6. The van der Waals surface area contributed by atoms with Gasteiger partial charge in [0.2, 0.25) is 5.91 Å². The van der Waals surface area contributed by atoms with E-state index >= 15 is 0 Å². The Morgan fingerprint density at radius 2 is 2.10 bits per heavy atom. The van der Waals surface area contributed by atoms with Crippen molar-refractivity contribution in [1.29, 1.82) is 0 Å². The first-order chi connectivity index (χ1) is 9.52. The number of hydrogen-bond donors (Lipinski definition) is 2. The molecule has 7 heteroatoms. The standard InChI is InChI=1S/C14H16BrN3OS.ClH/c1-9(16)6-13(19)18-14-17-8-12(20-14)7-10-2-4-11(15)5-3-10;/h2-5,8-9H,6-7,16H2,1H3,(H,17,18,19);1H. The lowest BCUT2D eigenvalue weighted by molar-refractivity contribution is -0.116. The van der Waals surface area contributed by atoms with Crippen LogP contribution in [0.25, 0.3) is 0 Å². The Bertz CT molecular complexity index is 586. The normalized spacial score (nSPS) is 11.6. The predicted octanol–water partition coefficient (Wildman–Crippen LogP) is 3.59. The molecule has 4 nitrogen and oxygen atoms in total. The highest BCUT2D eigenvalue weighted by Crippen LogP contribution is 2.22. The second-order valence-electron chi connectivity index (χ2n) is 4.66. The highest BCUT2D eigenvalue weighted by Gasteiger charge is 2.09. The summed E-state index contributed by atoms with van der Waals surface area (Å²) in [4.78, 5) is 16.9. The molecule has 114 valence electrons. The summed E-state index contributed by atoms with van der Waals surface area (Å²) in [7, 11) is 0. The molecule has 1 unspecified atom stereocenters. The van der Waals surface area contributed by atoms with Crippen LogP contribution in [0.3, 0.4) is 0 Å². The fraction of sp³-hybridized carbons (Fsp3) is 0.286. The molecule has 0 fully saturated rings. The van der Waals surface area contributed by atoms with Gasteiger partial charge in [-0.3, -0.25) is 4.79 Å². The third-order valence-corrected chi connectivity index (χ3v) is 4.04. The molecule has 0 saturated carbocycles. The molecule has 1 amide bonds. The molecule has 2 rings (SSSR count). The first-order valence-electron chi connectivity index (χ1n) is 6.27. The molecule has 0 aliphatic rings. The van der Waals surface area contributed by atoms with Crippen LogP contribution in [0.2, 0.25) is 0 Å². The summed E-state index contributed by atoms with van der Waals surface area (Å²) in [5.74, 6) is -0.0930. The Kier molecular flexibility index (Phi) is 7.31. The monoisotopic (exact) mass is 389 g/mol. The number of thiazole rings is 1. The van der Waals surface area contributed by atoms with Gasteiger partial charge in [0, 0.05) is 34.4 Å². The van der Waals surface area contributed by atoms with Gasteiger partial charge in [-0.1, -0.05) is 28.1 Å². The van der Waals surface area contributed by atoms with Crippen molar-refractivity contribution >= 4 is 50.7 Å². The zero-order valence-corrected chi connectivity index (χ0v) is 14.7. The van der Waals surface area contributed by atoms with E-state index in [1.54, 1.807) is 13.1 Å². The number of carbonyl (C=O) groups is 1. The van der Waals surface area contributed by atoms with Crippen LogP contribution in [0.4, 0.5) is 5.13 Å². The number of nitrogens with zero attached hydrogens (tertiary/aromatic N) is 1. The van der Waals surface area contributed by atoms with Gasteiger partial charge in [-0.15, -0.1) is 23.7 Å². The lowest BCUT2D eigenvalue weighted by Crippen LogP contribution is -2.23. The molecule has 3 N–H and O–H groups in total. The minimum Gasteiger partial charge on any atom is -0.327 e. The predicted molar refractivity (Wildman–Crippen MR) is 93.2 cm³/mol. The third-order valence-electron chi connectivity index (χ3n) is 2.60. The summed E-state index contributed by atoms with van der Waals surface area (Å²) in [5, 5.41) is 3.40. The molecule has 2 aromatic rings. The van der Waals surface area contributed by atoms with Crippen LogP contribution in [0, 0.1) is 0 Å². The third kappa shape index (κ3) is 6.13. The number of amides is 1. The number of halogens is 2. The Balaban J connectivity index is 0.00000220. The van der Waals surface area contributed by atoms with E-state index < -0.39 is 0 Å². The van der Waals surface area contributed by atoms with Gasteiger partial charge in [0.1, 0.15) is 0 Å². The average molecular weight is 391 g/mol. The van der Waals surface area contributed by atoms with Crippen molar-refractivity contribution in [3.63, 3.8) is 0 Å². The Morgan fingerprint density at radius 1 is 1.43 bits per heavy atom.